The minimum absolute atomic E-state index is 0.0572. The fourth-order valence-corrected chi connectivity index (χ4v) is 2.55. The molecule has 0 saturated heterocycles. The summed E-state index contributed by atoms with van der Waals surface area (Å²) in [6.45, 7) is 3.79. The van der Waals surface area contributed by atoms with Crippen molar-refractivity contribution in [2.75, 3.05) is 0 Å². The maximum atomic E-state index is 12.5. The van der Waals surface area contributed by atoms with Gasteiger partial charge in [0.2, 0.25) is 0 Å². The van der Waals surface area contributed by atoms with Gasteiger partial charge in [-0.3, -0.25) is 4.79 Å². The zero-order valence-electron chi connectivity index (χ0n) is 13.2. The molecule has 23 heavy (non-hydrogen) atoms. The second kappa shape index (κ2) is 6.53. The van der Waals surface area contributed by atoms with Crippen LogP contribution in [0.5, 0.6) is 0 Å². The van der Waals surface area contributed by atoms with Gasteiger partial charge >= 0.3 is 0 Å². The first kappa shape index (κ1) is 15.1. The van der Waals surface area contributed by atoms with E-state index in [2.05, 4.69) is 5.32 Å². The fraction of sp³-hybridized carbons (Fsp3) is 0.150. The molecule has 1 N–H and O–H groups in total. The highest BCUT2D eigenvalue weighted by Crippen LogP contribution is 2.25. The Morgan fingerprint density at radius 2 is 1.61 bits per heavy atom. The number of furan rings is 1. The van der Waals surface area contributed by atoms with Crippen LogP contribution in [0.1, 0.15) is 34.6 Å². The molecule has 1 amide bonds. The Bertz CT molecular complexity index is 791. The van der Waals surface area contributed by atoms with Gasteiger partial charge in [-0.1, -0.05) is 60.7 Å². The maximum Gasteiger partial charge on any atom is 0.255 e. The zero-order chi connectivity index (χ0) is 16.2. The Kier molecular flexibility index (Phi) is 4.29. The molecule has 0 aliphatic carbocycles. The lowest BCUT2D eigenvalue weighted by Crippen LogP contribution is -2.26. The number of nitrogens with one attached hydrogen (secondary N) is 1. The van der Waals surface area contributed by atoms with E-state index in [1.54, 1.807) is 6.07 Å². The Hall–Kier alpha value is -2.81. The second-order valence-electron chi connectivity index (χ2n) is 5.55. The molecule has 1 heterocycles. The van der Waals surface area contributed by atoms with Gasteiger partial charge in [0.1, 0.15) is 11.5 Å². The van der Waals surface area contributed by atoms with Crippen molar-refractivity contribution in [1.82, 2.24) is 5.32 Å². The lowest BCUT2D eigenvalue weighted by Gasteiger charge is -2.13. The van der Waals surface area contributed by atoms with E-state index >= 15 is 0 Å². The van der Waals surface area contributed by atoms with E-state index in [1.807, 2.05) is 74.5 Å². The van der Waals surface area contributed by atoms with Gasteiger partial charge in [-0.25, -0.2) is 0 Å². The first-order chi connectivity index (χ1) is 11.1. The van der Waals surface area contributed by atoms with Crippen LogP contribution in [-0.4, -0.2) is 5.91 Å². The number of amides is 1. The van der Waals surface area contributed by atoms with Crippen LogP contribution < -0.4 is 5.32 Å². The van der Waals surface area contributed by atoms with Crippen LogP contribution in [0.2, 0.25) is 0 Å². The molecule has 3 rings (SSSR count). The minimum Gasteiger partial charge on any atom is -0.461 e. The first-order valence-electron chi connectivity index (χ1n) is 7.67. The van der Waals surface area contributed by atoms with E-state index in [0.717, 1.165) is 11.1 Å². The molecule has 0 spiro atoms. The van der Waals surface area contributed by atoms with Gasteiger partial charge in [0.25, 0.3) is 5.91 Å². The summed E-state index contributed by atoms with van der Waals surface area (Å²) in [6, 6.07) is 21.4. The number of benzene rings is 2. The summed E-state index contributed by atoms with van der Waals surface area (Å²) < 4.78 is 5.75. The summed E-state index contributed by atoms with van der Waals surface area (Å²) in [6.07, 6.45) is 0. The van der Waals surface area contributed by atoms with Gasteiger partial charge in [0.05, 0.1) is 11.6 Å². The van der Waals surface area contributed by atoms with Crippen molar-refractivity contribution in [1.29, 1.82) is 0 Å². The molecule has 3 aromatic rings. The molecule has 1 aromatic heterocycles. The first-order valence-corrected chi connectivity index (χ1v) is 7.67. The molecule has 3 nitrogen and oxygen atoms in total. The standard InChI is InChI=1S/C20H19NO2/c1-14(16-9-5-3-6-10-16)21-20(22)18-13-19(23-15(18)2)17-11-7-4-8-12-17/h3-14H,1-2H3,(H,21,22). The molecule has 1 atom stereocenters. The quantitative estimate of drug-likeness (QED) is 0.756. The van der Waals surface area contributed by atoms with Crippen LogP contribution >= 0.6 is 0 Å². The van der Waals surface area contributed by atoms with Gasteiger partial charge in [-0.2, -0.15) is 0 Å². The monoisotopic (exact) mass is 305 g/mol. The molecule has 3 heteroatoms. The number of rotatable bonds is 4. The van der Waals surface area contributed by atoms with Crippen molar-refractivity contribution >= 4 is 5.91 Å². The predicted octanol–water partition coefficient (Wildman–Crippen LogP) is 4.75. The molecule has 1 unspecified atom stereocenters. The fourth-order valence-electron chi connectivity index (χ4n) is 2.55. The molecule has 0 aliphatic rings. The van der Waals surface area contributed by atoms with Gasteiger partial charge in [0, 0.05) is 5.56 Å². The van der Waals surface area contributed by atoms with E-state index < -0.39 is 0 Å². The van der Waals surface area contributed by atoms with E-state index in [9.17, 15) is 4.79 Å². The van der Waals surface area contributed by atoms with Crippen LogP contribution in [0.3, 0.4) is 0 Å². The highest BCUT2D eigenvalue weighted by molar-refractivity contribution is 5.96. The number of aryl methyl sites for hydroxylation is 1. The van der Waals surface area contributed by atoms with Crippen LogP contribution in [-0.2, 0) is 0 Å². The second-order valence-corrected chi connectivity index (χ2v) is 5.55. The van der Waals surface area contributed by atoms with Crippen molar-refractivity contribution in [3.63, 3.8) is 0 Å². The Balaban J connectivity index is 1.79. The third kappa shape index (κ3) is 3.34. The highest BCUT2D eigenvalue weighted by atomic mass is 16.3. The van der Waals surface area contributed by atoms with Gasteiger partial charge in [0.15, 0.2) is 0 Å². The minimum atomic E-state index is -0.121. The molecular formula is C20H19NO2. The topological polar surface area (TPSA) is 42.2 Å². The van der Waals surface area contributed by atoms with E-state index in [-0.39, 0.29) is 11.9 Å². The normalized spacial score (nSPS) is 11.9. The largest absolute Gasteiger partial charge is 0.461 e. The Morgan fingerprint density at radius 3 is 2.26 bits per heavy atom. The molecule has 0 aliphatic heterocycles. The van der Waals surface area contributed by atoms with Crippen molar-refractivity contribution in [2.45, 2.75) is 19.9 Å². The van der Waals surface area contributed by atoms with E-state index in [1.165, 1.54) is 0 Å². The lowest BCUT2D eigenvalue weighted by atomic mass is 10.1. The number of hydrogen-bond acceptors (Lipinski definition) is 2. The van der Waals surface area contributed by atoms with Gasteiger partial charge in [-0.15, -0.1) is 0 Å². The van der Waals surface area contributed by atoms with Crippen LogP contribution in [0.25, 0.3) is 11.3 Å². The molecular weight excluding hydrogens is 286 g/mol. The Morgan fingerprint density at radius 1 is 1.00 bits per heavy atom. The van der Waals surface area contributed by atoms with E-state index in [4.69, 9.17) is 4.42 Å². The average Bonchev–Trinajstić information content (AvgIpc) is 2.98. The average molecular weight is 305 g/mol. The lowest BCUT2D eigenvalue weighted by molar-refractivity contribution is 0.0938. The van der Waals surface area contributed by atoms with Gasteiger partial charge in [-0.05, 0) is 25.5 Å². The van der Waals surface area contributed by atoms with Crippen LogP contribution in [0, 0.1) is 6.92 Å². The summed E-state index contributed by atoms with van der Waals surface area (Å²) in [7, 11) is 0. The molecule has 116 valence electrons. The van der Waals surface area contributed by atoms with Crippen LogP contribution in [0.4, 0.5) is 0 Å². The molecule has 0 saturated carbocycles. The SMILES string of the molecule is Cc1oc(-c2ccccc2)cc1C(=O)NC(C)c1ccccc1. The summed E-state index contributed by atoms with van der Waals surface area (Å²) in [5.41, 5.74) is 2.61. The van der Waals surface area contributed by atoms with Crippen molar-refractivity contribution in [3.05, 3.63) is 83.6 Å². The van der Waals surface area contributed by atoms with Crippen molar-refractivity contribution in [3.8, 4) is 11.3 Å². The number of carbonyl (C=O) groups excluding carboxylic acids is 1. The van der Waals surface area contributed by atoms with Crippen molar-refractivity contribution < 1.29 is 9.21 Å². The zero-order valence-corrected chi connectivity index (χ0v) is 13.2. The summed E-state index contributed by atoms with van der Waals surface area (Å²) in [5.74, 6) is 1.21. The van der Waals surface area contributed by atoms with Gasteiger partial charge < -0.3 is 9.73 Å². The number of hydrogen-bond donors (Lipinski definition) is 1. The van der Waals surface area contributed by atoms with Crippen LogP contribution in [0.15, 0.2) is 71.1 Å². The summed E-state index contributed by atoms with van der Waals surface area (Å²) in [5, 5.41) is 3.02. The third-order valence-corrected chi connectivity index (χ3v) is 3.87. The molecule has 2 aromatic carbocycles. The summed E-state index contributed by atoms with van der Waals surface area (Å²) >= 11 is 0. The summed E-state index contributed by atoms with van der Waals surface area (Å²) in [4.78, 5) is 12.5. The van der Waals surface area contributed by atoms with Crippen molar-refractivity contribution in [2.24, 2.45) is 0 Å². The smallest absolute Gasteiger partial charge is 0.255 e. The molecule has 0 bridgehead atoms. The third-order valence-electron chi connectivity index (χ3n) is 3.87. The molecule has 0 radical (unpaired) electrons. The number of carbonyl (C=O) groups is 1. The van der Waals surface area contributed by atoms with E-state index in [0.29, 0.717) is 17.1 Å². The molecule has 0 fully saturated rings. The maximum absolute atomic E-state index is 12.5. The highest BCUT2D eigenvalue weighted by Gasteiger charge is 2.18. The Labute approximate surface area is 136 Å². The predicted molar refractivity (Wildman–Crippen MR) is 91.2 cm³/mol.